The van der Waals surface area contributed by atoms with Crippen LogP contribution in [0.3, 0.4) is 0 Å². The van der Waals surface area contributed by atoms with Gasteiger partial charge in [0.2, 0.25) is 5.91 Å². The molecule has 2 N–H and O–H groups in total. The predicted molar refractivity (Wildman–Crippen MR) is 70.0 cm³/mol. The van der Waals surface area contributed by atoms with Crippen LogP contribution in [-0.2, 0) is 11.3 Å². The van der Waals surface area contributed by atoms with Gasteiger partial charge < -0.3 is 15.2 Å². The molecule has 2 heterocycles. The monoisotopic (exact) mass is 250 g/mol. The fraction of sp³-hybridized carbons (Fsp3) is 0.692. The number of rotatable bonds is 4. The van der Waals surface area contributed by atoms with E-state index in [1.807, 2.05) is 24.9 Å². The number of carbonyl (C=O) groups excluding carboxylic acids is 1. The lowest BCUT2D eigenvalue weighted by atomic mass is 10.2. The zero-order valence-electron chi connectivity index (χ0n) is 11.2. The van der Waals surface area contributed by atoms with E-state index in [1.54, 1.807) is 6.20 Å². The van der Waals surface area contributed by atoms with Crippen LogP contribution < -0.4 is 5.73 Å². The molecule has 2 rings (SSSR count). The largest absolute Gasteiger partial charge is 0.338 e. The third kappa shape index (κ3) is 2.90. The lowest BCUT2D eigenvalue weighted by Crippen LogP contribution is -2.40. The van der Waals surface area contributed by atoms with Crippen molar-refractivity contribution in [2.24, 2.45) is 5.73 Å². The highest BCUT2D eigenvalue weighted by Gasteiger charge is 2.29. The molecule has 5 nitrogen and oxygen atoms in total. The molecule has 0 radical (unpaired) electrons. The molecule has 1 aliphatic rings. The van der Waals surface area contributed by atoms with Gasteiger partial charge in [-0.15, -0.1) is 0 Å². The Hall–Kier alpha value is -1.36. The van der Waals surface area contributed by atoms with Crippen LogP contribution in [0.2, 0.25) is 0 Å². The van der Waals surface area contributed by atoms with Crippen molar-refractivity contribution in [1.82, 2.24) is 14.5 Å². The summed E-state index contributed by atoms with van der Waals surface area (Å²) in [6.07, 6.45) is 6.38. The van der Waals surface area contributed by atoms with Crippen molar-refractivity contribution in [3.8, 4) is 0 Å². The number of hydrogen-bond acceptors (Lipinski definition) is 3. The Bertz CT molecular complexity index is 413. The molecule has 100 valence electrons. The summed E-state index contributed by atoms with van der Waals surface area (Å²) in [6.45, 7) is 5.58. The van der Waals surface area contributed by atoms with Gasteiger partial charge in [-0.25, -0.2) is 4.98 Å². The molecule has 0 bridgehead atoms. The molecule has 1 aromatic heterocycles. The van der Waals surface area contributed by atoms with Crippen LogP contribution in [0.25, 0.3) is 0 Å². The number of hydrogen-bond donors (Lipinski definition) is 1. The van der Waals surface area contributed by atoms with Crippen LogP contribution in [0, 0.1) is 6.92 Å². The van der Waals surface area contributed by atoms with E-state index >= 15 is 0 Å². The molecule has 2 unspecified atom stereocenters. The maximum atomic E-state index is 12.1. The number of imidazole rings is 1. The van der Waals surface area contributed by atoms with Crippen LogP contribution in [0.5, 0.6) is 0 Å². The lowest BCUT2D eigenvalue weighted by Gasteiger charge is -2.26. The second-order valence-corrected chi connectivity index (χ2v) is 5.19. The number of carbonyl (C=O) groups is 1. The first kappa shape index (κ1) is 13.1. The highest BCUT2D eigenvalue weighted by atomic mass is 16.2. The fourth-order valence-corrected chi connectivity index (χ4v) is 2.57. The third-order valence-corrected chi connectivity index (χ3v) is 3.53. The standard InChI is InChI=1S/C13H22N4O/c1-10(14)8-13(18)17-6-3-4-12(17)9-16-7-5-15-11(16)2/h5,7,10,12H,3-4,6,8-9,14H2,1-2H3. The molecule has 1 fully saturated rings. The van der Waals surface area contributed by atoms with Crippen molar-refractivity contribution in [1.29, 1.82) is 0 Å². The van der Waals surface area contributed by atoms with Gasteiger partial charge in [-0.05, 0) is 26.7 Å². The predicted octanol–water partition coefficient (Wildman–Crippen LogP) is 0.920. The minimum atomic E-state index is -0.0614. The molecule has 0 spiro atoms. The lowest BCUT2D eigenvalue weighted by molar-refractivity contribution is -0.132. The molecule has 2 atom stereocenters. The van der Waals surface area contributed by atoms with Crippen LogP contribution in [0.15, 0.2) is 12.4 Å². The Morgan fingerprint density at radius 2 is 2.44 bits per heavy atom. The average Bonchev–Trinajstić information content (AvgIpc) is 2.88. The Morgan fingerprint density at radius 3 is 3.06 bits per heavy atom. The Labute approximate surface area is 108 Å². The van der Waals surface area contributed by atoms with Crippen LogP contribution in [0.4, 0.5) is 0 Å². The molecule has 1 amide bonds. The second kappa shape index (κ2) is 5.52. The van der Waals surface area contributed by atoms with Crippen molar-refractivity contribution < 1.29 is 4.79 Å². The first-order chi connectivity index (χ1) is 8.58. The summed E-state index contributed by atoms with van der Waals surface area (Å²) in [7, 11) is 0. The van der Waals surface area contributed by atoms with E-state index in [0.29, 0.717) is 12.5 Å². The first-order valence-corrected chi connectivity index (χ1v) is 6.60. The number of nitrogens with two attached hydrogens (primary N) is 1. The highest BCUT2D eigenvalue weighted by molar-refractivity contribution is 5.77. The van der Waals surface area contributed by atoms with E-state index in [0.717, 1.165) is 31.8 Å². The number of aryl methyl sites for hydroxylation is 1. The van der Waals surface area contributed by atoms with E-state index in [2.05, 4.69) is 9.55 Å². The topological polar surface area (TPSA) is 64.2 Å². The summed E-state index contributed by atoms with van der Waals surface area (Å²) in [4.78, 5) is 18.3. The second-order valence-electron chi connectivity index (χ2n) is 5.19. The van der Waals surface area contributed by atoms with Gasteiger partial charge in [-0.1, -0.05) is 0 Å². The molecule has 1 saturated heterocycles. The van der Waals surface area contributed by atoms with Gasteiger partial charge in [0.25, 0.3) is 0 Å². The number of nitrogens with zero attached hydrogens (tertiary/aromatic N) is 3. The number of aromatic nitrogens is 2. The van der Waals surface area contributed by atoms with Crippen molar-refractivity contribution in [3.63, 3.8) is 0 Å². The molecular weight excluding hydrogens is 228 g/mol. The van der Waals surface area contributed by atoms with E-state index in [-0.39, 0.29) is 11.9 Å². The zero-order valence-corrected chi connectivity index (χ0v) is 11.2. The van der Waals surface area contributed by atoms with Gasteiger partial charge in [-0.3, -0.25) is 4.79 Å². The Balaban J connectivity index is 1.99. The SMILES string of the molecule is Cc1nccn1CC1CCCN1C(=O)CC(C)N. The maximum absolute atomic E-state index is 12.1. The maximum Gasteiger partial charge on any atom is 0.224 e. The minimum Gasteiger partial charge on any atom is -0.338 e. The molecule has 1 aliphatic heterocycles. The number of amides is 1. The molecule has 18 heavy (non-hydrogen) atoms. The van der Waals surface area contributed by atoms with Crippen molar-refractivity contribution in [3.05, 3.63) is 18.2 Å². The van der Waals surface area contributed by atoms with Gasteiger partial charge in [0.05, 0.1) is 0 Å². The third-order valence-electron chi connectivity index (χ3n) is 3.53. The summed E-state index contributed by atoms with van der Waals surface area (Å²) >= 11 is 0. The number of likely N-dealkylation sites (tertiary alicyclic amines) is 1. The molecule has 0 aliphatic carbocycles. The summed E-state index contributed by atoms with van der Waals surface area (Å²) in [6, 6.07) is 0.234. The van der Waals surface area contributed by atoms with Crippen molar-refractivity contribution in [2.45, 2.75) is 51.7 Å². The van der Waals surface area contributed by atoms with Gasteiger partial charge in [0, 0.05) is 44.0 Å². The van der Waals surface area contributed by atoms with Gasteiger partial charge in [0.15, 0.2) is 0 Å². The van der Waals surface area contributed by atoms with Crippen LogP contribution in [-0.4, -0.2) is 39.0 Å². The van der Waals surface area contributed by atoms with Crippen molar-refractivity contribution >= 4 is 5.91 Å². The average molecular weight is 250 g/mol. The smallest absolute Gasteiger partial charge is 0.224 e. The van der Waals surface area contributed by atoms with Crippen molar-refractivity contribution in [2.75, 3.05) is 6.54 Å². The minimum absolute atomic E-state index is 0.0614. The van der Waals surface area contributed by atoms with Crippen LogP contribution >= 0.6 is 0 Å². The summed E-state index contributed by atoms with van der Waals surface area (Å²) in [5, 5.41) is 0. The van der Waals surface area contributed by atoms with E-state index in [9.17, 15) is 4.79 Å². The van der Waals surface area contributed by atoms with Gasteiger partial charge >= 0.3 is 0 Å². The van der Waals surface area contributed by atoms with Gasteiger partial charge in [0.1, 0.15) is 5.82 Å². The molecular formula is C13H22N4O. The van der Waals surface area contributed by atoms with E-state index in [1.165, 1.54) is 0 Å². The van der Waals surface area contributed by atoms with Gasteiger partial charge in [-0.2, -0.15) is 0 Å². The van der Waals surface area contributed by atoms with Crippen LogP contribution in [0.1, 0.15) is 32.0 Å². The Kier molecular flexibility index (Phi) is 4.01. The summed E-state index contributed by atoms with van der Waals surface area (Å²) in [5.41, 5.74) is 5.70. The molecule has 0 saturated carbocycles. The zero-order chi connectivity index (χ0) is 13.1. The highest BCUT2D eigenvalue weighted by Crippen LogP contribution is 2.20. The van der Waals surface area contributed by atoms with E-state index in [4.69, 9.17) is 5.73 Å². The quantitative estimate of drug-likeness (QED) is 0.864. The Morgan fingerprint density at radius 1 is 1.67 bits per heavy atom. The summed E-state index contributed by atoms with van der Waals surface area (Å²) < 4.78 is 2.11. The molecule has 5 heteroatoms. The summed E-state index contributed by atoms with van der Waals surface area (Å²) in [5.74, 6) is 1.19. The molecule has 0 aromatic carbocycles. The first-order valence-electron chi connectivity index (χ1n) is 6.60. The normalized spacial score (nSPS) is 21.3. The molecule has 1 aromatic rings. The van der Waals surface area contributed by atoms with E-state index < -0.39 is 0 Å². The fourth-order valence-electron chi connectivity index (χ4n) is 2.57.